The molecule has 0 aromatic heterocycles. The third kappa shape index (κ3) is 17.1. The Balaban J connectivity index is -0.000000337. The molecule has 0 aliphatic carbocycles. The Morgan fingerprint density at radius 2 is 1.35 bits per heavy atom. The number of allylic oxidation sites excluding steroid dienone is 2. The molecule has 26 heavy (non-hydrogen) atoms. The predicted molar refractivity (Wildman–Crippen MR) is 110 cm³/mol. The van der Waals surface area contributed by atoms with Crippen LogP contribution < -0.4 is 29.6 Å². The van der Waals surface area contributed by atoms with Gasteiger partial charge in [0.15, 0.2) is 0 Å². The van der Waals surface area contributed by atoms with Crippen LogP contribution in [0, 0.1) is 0 Å². The Bertz CT molecular complexity index is 787. The van der Waals surface area contributed by atoms with Gasteiger partial charge in [-0.3, -0.25) is 4.55 Å². The first kappa shape index (κ1) is 26.5. The van der Waals surface area contributed by atoms with Gasteiger partial charge in [-0.2, -0.15) is 8.42 Å². The maximum Gasteiger partial charge on any atom is 1.00 e. The van der Waals surface area contributed by atoms with E-state index in [9.17, 15) is 8.42 Å². The van der Waals surface area contributed by atoms with Gasteiger partial charge < -0.3 is 1.43 Å². The van der Waals surface area contributed by atoms with Crippen LogP contribution in [0.2, 0.25) is 0 Å². The zero-order valence-corrected chi connectivity index (χ0v) is 18.2. The number of benzene rings is 2. The summed E-state index contributed by atoms with van der Waals surface area (Å²) < 4.78 is 28.9. The van der Waals surface area contributed by atoms with Crippen molar-refractivity contribution in [2.75, 3.05) is 0 Å². The maximum atomic E-state index is 10.3. The van der Waals surface area contributed by atoms with Crippen molar-refractivity contribution in [2.24, 2.45) is 0 Å². The van der Waals surface area contributed by atoms with Crippen LogP contribution >= 0.6 is 0 Å². The van der Waals surface area contributed by atoms with Crippen LogP contribution in [-0.4, -0.2) is 13.0 Å². The monoisotopic (exact) mass is 380 g/mol. The quantitative estimate of drug-likeness (QED) is 0.504. The first-order valence-electron chi connectivity index (χ1n) is 7.44. The second-order valence-electron chi connectivity index (χ2n) is 4.89. The molecule has 0 saturated carbocycles. The summed E-state index contributed by atoms with van der Waals surface area (Å²) in [4.78, 5) is 0. The van der Waals surface area contributed by atoms with Crippen LogP contribution in [0.25, 0.3) is 12.2 Å². The van der Waals surface area contributed by atoms with E-state index in [1.807, 2.05) is 49.4 Å². The normalized spacial score (nSPS) is 9.46. The molecule has 3 nitrogen and oxygen atoms in total. The van der Waals surface area contributed by atoms with Gasteiger partial charge in [0.1, 0.15) is 0 Å². The summed E-state index contributed by atoms with van der Waals surface area (Å²) in [5.41, 5.74) is 2.92. The zero-order chi connectivity index (χ0) is 19.1. The average molecular weight is 380 g/mol. The Kier molecular flexibility index (Phi) is 15.9. The topological polar surface area (TPSA) is 54.4 Å². The van der Waals surface area contributed by atoms with Gasteiger partial charge in [0, 0.05) is 0 Å². The summed E-state index contributed by atoms with van der Waals surface area (Å²) >= 11 is 0. The molecule has 0 atom stereocenters. The van der Waals surface area contributed by atoms with Crippen molar-refractivity contribution >= 4 is 22.3 Å². The molecule has 2 aromatic rings. The van der Waals surface area contributed by atoms with Gasteiger partial charge >= 0.3 is 29.6 Å². The maximum absolute atomic E-state index is 10.3. The molecular weight excluding hydrogens is 355 g/mol. The molecule has 0 unspecified atom stereocenters. The van der Waals surface area contributed by atoms with Crippen molar-refractivity contribution in [2.45, 2.75) is 6.92 Å². The largest absolute Gasteiger partial charge is 1.00 e. The van der Waals surface area contributed by atoms with Crippen LogP contribution in [0.5, 0.6) is 0 Å². The molecule has 5 heteroatoms. The van der Waals surface area contributed by atoms with Crippen LogP contribution in [-0.2, 0) is 10.1 Å². The first-order valence-corrected chi connectivity index (χ1v) is 8.95. The van der Waals surface area contributed by atoms with E-state index in [2.05, 4.69) is 19.7 Å². The molecule has 0 spiro atoms. The molecule has 0 aliphatic heterocycles. The Morgan fingerprint density at radius 3 is 1.62 bits per heavy atom. The van der Waals surface area contributed by atoms with Gasteiger partial charge in [-0.15, -0.1) is 0 Å². The minimum Gasteiger partial charge on any atom is -1.00 e. The summed E-state index contributed by atoms with van der Waals surface area (Å²) in [6.45, 7) is 12.6. The van der Waals surface area contributed by atoms with E-state index < -0.39 is 10.1 Å². The third-order valence-corrected chi connectivity index (χ3v) is 3.10. The first-order chi connectivity index (χ1) is 11.8. The van der Waals surface area contributed by atoms with Gasteiger partial charge in [0.25, 0.3) is 10.1 Å². The minimum absolute atomic E-state index is 0. The number of rotatable bonds is 4. The van der Waals surface area contributed by atoms with E-state index in [0.29, 0.717) is 0 Å². The fourth-order valence-electron chi connectivity index (χ4n) is 1.32. The van der Waals surface area contributed by atoms with Gasteiger partial charge in [-0.1, -0.05) is 98.1 Å². The number of hydrogen-bond donors (Lipinski definition) is 1. The Labute approximate surface area is 181 Å². The average Bonchev–Trinajstić information content (AvgIpc) is 2.62. The molecule has 134 valence electrons. The van der Waals surface area contributed by atoms with Crippen LogP contribution in [0.1, 0.15) is 19.5 Å². The fraction of sp³-hybridized carbons (Fsp3) is 0.0476. The van der Waals surface area contributed by atoms with Crippen molar-refractivity contribution in [3.63, 3.8) is 0 Å². The molecule has 0 aliphatic rings. The third-order valence-electron chi connectivity index (χ3n) is 2.62. The predicted octanol–water partition coefficient (Wildman–Crippen LogP) is 2.74. The smallest absolute Gasteiger partial charge is 1.00 e. The second kappa shape index (κ2) is 15.6. The second-order valence-corrected chi connectivity index (χ2v) is 6.20. The molecule has 0 fully saturated rings. The van der Waals surface area contributed by atoms with E-state index >= 15 is 0 Å². The zero-order valence-electron chi connectivity index (χ0n) is 16.4. The van der Waals surface area contributed by atoms with E-state index in [1.54, 1.807) is 30.3 Å². The summed E-state index contributed by atoms with van der Waals surface area (Å²) in [6.07, 6.45) is 4.88. The molecule has 2 aromatic carbocycles. The Hall–Kier alpha value is -1.69. The molecule has 0 amide bonds. The SMILES string of the molecule is C=CC(=C)C.C=Cc1ccccc1.O=S(=O)(O)C=Cc1ccccc1.[H-].[Na+]. The molecule has 0 heterocycles. The van der Waals surface area contributed by atoms with Crippen molar-refractivity contribution in [1.29, 1.82) is 0 Å². The van der Waals surface area contributed by atoms with Crippen molar-refractivity contribution < 1.29 is 44.0 Å². The molecule has 0 radical (unpaired) electrons. The standard InChI is InChI=1S/C8H8O3S.C8H8.C5H8.Na.H/c9-12(10,11)7-6-8-4-2-1-3-5-8;1-2-8-6-4-3-5-7-8;1-4-5(2)3;;/h1-7H,(H,9,10,11);2-7H,1H2;4H,1-2H2,3H3;;/q;;;+1;-1. The molecule has 2 rings (SSSR count). The van der Waals surface area contributed by atoms with E-state index in [0.717, 1.165) is 16.5 Å². The summed E-state index contributed by atoms with van der Waals surface area (Å²) in [7, 11) is -4.00. The molecule has 0 saturated heterocycles. The summed E-state index contributed by atoms with van der Waals surface area (Å²) in [6, 6.07) is 18.9. The fourth-order valence-corrected chi connectivity index (χ4v) is 1.65. The van der Waals surface area contributed by atoms with Gasteiger partial charge in [-0.25, -0.2) is 0 Å². The minimum atomic E-state index is -4.00. The van der Waals surface area contributed by atoms with Crippen molar-refractivity contribution in [1.82, 2.24) is 0 Å². The van der Waals surface area contributed by atoms with Crippen LogP contribution in [0.3, 0.4) is 0 Å². The molecular formula is C21H25NaO3S. The van der Waals surface area contributed by atoms with Crippen molar-refractivity contribution in [3.05, 3.63) is 109 Å². The van der Waals surface area contributed by atoms with E-state index in [1.165, 1.54) is 11.6 Å². The van der Waals surface area contributed by atoms with Crippen LogP contribution in [0.4, 0.5) is 0 Å². The molecule has 1 N–H and O–H groups in total. The van der Waals surface area contributed by atoms with Gasteiger partial charge in [-0.05, 0) is 24.1 Å². The van der Waals surface area contributed by atoms with Crippen LogP contribution in [0.15, 0.2) is 97.5 Å². The van der Waals surface area contributed by atoms with Gasteiger partial charge in [0.05, 0.1) is 5.41 Å². The summed E-state index contributed by atoms with van der Waals surface area (Å²) in [5, 5.41) is 0.752. The van der Waals surface area contributed by atoms with E-state index in [4.69, 9.17) is 4.55 Å². The summed E-state index contributed by atoms with van der Waals surface area (Å²) in [5.74, 6) is 0. The van der Waals surface area contributed by atoms with Crippen molar-refractivity contribution in [3.8, 4) is 0 Å². The molecule has 0 bridgehead atoms. The Morgan fingerprint density at radius 1 is 0.962 bits per heavy atom. The van der Waals surface area contributed by atoms with E-state index in [-0.39, 0.29) is 31.0 Å². The van der Waals surface area contributed by atoms with Gasteiger partial charge in [0.2, 0.25) is 0 Å². The number of hydrogen-bond acceptors (Lipinski definition) is 2.